The van der Waals surface area contributed by atoms with Crippen molar-refractivity contribution in [3.63, 3.8) is 0 Å². The van der Waals surface area contributed by atoms with Crippen molar-refractivity contribution in [1.29, 1.82) is 0 Å². The third-order valence-electron chi connectivity index (χ3n) is 6.91. The molecule has 2 fully saturated rings. The summed E-state index contributed by atoms with van der Waals surface area (Å²) in [6, 6.07) is 3.67. The molecule has 0 aromatic carbocycles. The average Bonchev–Trinajstić information content (AvgIpc) is 3.27. The average molecular weight is 445 g/mol. The summed E-state index contributed by atoms with van der Waals surface area (Å²) >= 11 is 6.18. The standard InChI is InChI=1S/C24H33ClN4O2/c25-21-7-4-19(5-8-21)24(31)28-14-10-18(11-15-28)3-1-2-12-27-23(30)20-6-9-22-26-13-16-29(22)17-20/h6,9,13,16-19,21H,1-5,7-8,10-12,14-15H2,(H,27,30). The van der Waals surface area contributed by atoms with Crippen LogP contribution in [0.2, 0.25) is 0 Å². The second kappa shape index (κ2) is 10.5. The molecule has 0 unspecified atom stereocenters. The van der Waals surface area contributed by atoms with Crippen LogP contribution in [-0.2, 0) is 4.79 Å². The Morgan fingerprint density at radius 2 is 1.84 bits per heavy atom. The van der Waals surface area contributed by atoms with E-state index >= 15 is 0 Å². The predicted octanol–water partition coefficient (Wildman–Crippen LogP) is 4.27. The van der Waals surface area contributed by atoms with E-state index in [2.05, 4.69) is 15.2 Å². The van der Waals surface area contributed by atoms with E-state index in [-0.39, 0.29) is 17.2 Å². The monoisotopic (exact) mass is 444 g/mol. The highest BCUT2D eigenvalue weighted by Gasteiger charge is 2.30. The number of likely N-dealkylation sites (tertiary alicyclic amines) is 1. The molecule has 1 aliphatic heterocycles. The summed E-state index contributed by atoms with van der Waals surface area (Å²) in [5.41, 5.74) is 1.49. The molecule has 1 aliphatic carbocycles. The number of amides is 2. The molecule has 1 N–H and O–H groups in total. The third kappa shape index (κ3) is 5.79. The Labute approximate surface area is 189 Å². The van der Waals surface area contributed by atoms with E-state index in [1.807, 2.05) is 28.9 Å². The molecule has 0 spiro atoms. The van der Waals surface area contributed by atoms with Crippen molar-refractivity contribution >= 4 is 29.1 Å². The van der Waals surface area contributed by atoms with Crippen molar-refractivity contribution in [3.8, 4) is 0 Å². The van der Waals surface area contributed by atoms with Crippen molar-refractivity contribution in [2.24, 2.45) is 11.8 Å². The minimum Gasteiger partial charge on any atom is -0.352 e. The number of alkyl halides is 1. The fourth-order valence-electron chi connectivity index (χ4n) is 4.92. The van der Waals surface area contributed by atoms with E-state index in [4.69, 9.17) is 11.6 Å². The van der Waals surface area contributed by atoms with Crippen LogP contribution in [0.25, 0.3) is 5.65 Å². The first kappa shape index (κ1) is 22.1. The van der Waals surface area contributed by atoms with Gasteiger partial charge in [0.25, 0.3) is 5.91 Å². The quantitative estimate of drug-likeness (QED) is 0.512. The lowest BCUT2D eigenvalue weighted by Crippen LogP contribution is -2.42. The first-order valence-electron chi connectivity index (χ1n) is 11.7. The Balaban J connectivity index is 1.10. The normalized spacial score (nSPS) is 22.5. The molecule has 1 saturated carbocycles. The Morgan fingerprint density at radius 1 is 1.06 bits per heavy atom. The SMILES string of the molecule is O=C(NCCCCC1CCN(C(=O)C2CCC(Cl)CC2)CC1)c1ccc2nccn2c1. The van der Waals surface area contributed by atoms with Crippen molar-refractivity contribution in [3.05, 3.63) is 36.3 Å². The first-order valence-corrected chi connectivity index (χ1v) is 12.2. The molecule has 0 bridgehead atoms. The van der Waals surface area contributed by atoms with Gasteiger partial charge in [0.05, 0.1) is 5.56 Å². The number of nitrogens with one attached hydrogen (secondary N) is 1. The van der Waals surface area contributed by atoms with Gasteiger partial charge in [-0.05, 0) is 63.0 Å². The Bertz CT molecular complexity index is 883. The van der Waals surface area contributed by atoms with E-state index in [1.54, 1.807) is 6.20 Å². The Hall–Kier alpha value is -2.08. The second-order valence-electron chi connectivity index (χ2n) is 9.08. The molecule has 3 heterocycles. The number of hydrogen-bond donors (Lipinski definition) is 1. The smallest absolute Gasteiger partial charge is 0.252 e. The van der Waals surface area contributed by atoms with Crippen molar-refractivity contribution in [2.75, 3.05) is 19.6 Å². The molecule has 0 radical (unpaired) electrons. The van der Waals surface area contributed by atoms with Crippen LogP contribution < -0.4 is 5.32 Å². The molecule has 2 amide bonds. The van der Waals surface area contributed by atoms with E-state index in [0.717, 1.165) is 70.1 Å². The maximum absolute atomic E-state index is 12.7. The maximum Gasteiger partial charge on any atom is 0.252 e. The lowest BCUT2D eigenvalue weighted by Gasteiger charge is -2.35. The number of rotatable bonds is 7. The van der Waals surface area contributed by atoms with Gasteiger partial charge in [-0.3, -0.25) is 9.59 Å². The van der Waals surface area contributed by atoms with Gasteiger partial charge in [-0.1, -0.05) is 12.8 Å². The zero-order valence-corrected chi connectivity index (χ0v) is 18.9. The lowest BCUT2D eigenvalue weighted by molar-refractivity contribution is -0.138. The summed E-state index contributed by atoms with van der Waals surface area (Å²) in [5, 5.41) is 3.28. The Morgan fingerprint density at radius 3 is 2.61 bits per heavy atom. The summed E-state index contributed by atoms with van der Waals surface area (Å²) in [5.74, 6) is 1.22. The minimum atomic E-state index is -0.0365. The molecule has 168 valence electrons. The van der Waals surface area contributed by atoms with Crippen molar-refractivity contribution < 1.29 is 9.59 Å². The topological polar surface area (TPSA) is 66.7 Å². The highest BCUT2D eigenvalue weighted by molar-refractivity contribution is 6.20. The van der Waals surface area contributed by atoms with Crippen LogP contribution in [0.4, 0.5) is 0 Å². The maximum atomic E-state index is 12.7. The summed E-state index contributed by atoms with van der Waals surface area (Å²) in [6.45, 7) is 2.50. The van der Waals surface area contributed by atoms with Gasteiger partial charge in [-0.2, -0.15) is 0 Å². The van der Waals surface area contributed by atoms with E-state index < -0.39 is 0 Å². The lowest BCUT2D eigenvalue weighted by atomic mass is 9.86. The van der Waals surface area contributed by atoms with Gasteiger partial charge in [0.1, 0.15) is 5.65 Å². The van der Waals surface area contributed by atoms with Crippen molar-refractivity contribution in [1.82, 2.24) is 19.6 Å². The number of unbranched alkanes of at least 4 members (excludes halogenated alkanes) is 1. The molecule has 4 rings (SSSR count). The van der Waals surface area contributed by atoms with Gasteiger partial charge in [0, 0.05) is 49.5 Å². The zero-order valence-electron chi connectivity index (χ0n) is 18.1. The fourth-order valence-corrected chi connectivity index (χ4v) is 5.17. The van der Waals surface area contributed by atoms with Crippen LogP contribution in [0, 0.1) is 11.8 Å². The minimum absolute atomic E-state index is 0.0365. The van der Waals surface area contributed by atoms with Crippen LogP contribution in [0.3, 0.4) is 0 Å². The summed E-state index contributed by atoms with van der Waals surface area (Å²) < 4.78 is 1.86. The largest absolute Gasteiger partial charge is 0.352 e. The number of imidazole rings is 1. The number of pyridine rings is 1. The van der Waals surface area contributed by atoms with Crippen LogP contribution >= 0.6 is 11.6 Å². The van der Waals surface area contributed by atoms with Gasteiger partial charge >= 0.3 is 0 Å². The molecule has 31 heavy (non-hydrogen) atoms. The zero-order chi connectivity index (χ0) is 21.6. The predicted molar refractivity (Wildman–Crippen MR) is 122 cm³/mol. The molecular formula is C24H33ClN4O2. The fraction of sp³-hybridized carbons (Fsp3) is 0.625. The summed E-state index contributed by atoms with van der Waals surface area (Å²) in [6.07, 6.45) is 14.7. The molecule has 1 saturated heterocycles. The number of aromatic nitrogens is 2. The number of carbonyl (C=O) groups is 2. The molecule has 0 atom stereocenters. The van der Waals surface area contributed by atoms with Crippen molar-refractivity contribution in [2.45, 2.75) is 63.2 Å². The van der Waals surface area contributed by atoms with Gasteiger partial charge in [0.2, 0.25) is 5.91 Å². The highest BCUT2D eigenvalue weighted by Crippen LogP contribution is 2.31. The van der Waals surface area contributed by atoms with Gasteiger partial charge in [0.15, 0.2) is 0 Å². The number of halogens is 1. The molecule has 2 aromatic heterocycles. The number of fused-ring (bicyclic) bond motifs is 1. The molecule has 7 heteroatoms. The molecule has 2 aliphatic rings. The molecule has 2 aromatic rings. The summed E-state index contributed by atoms with van der Waals surface area (Å²) in [4.78, 5) is 31.4. The number of piperidine rings is 1. The third-order valence-corrected chi connectivity index (χ3v) is 7.34. The van der Waals surface area contributed by atoms with Crippen LogP contribution in [-0.4, -0.2) is 51.1 Å². The van der Waals surface area contributed by atoms with Crippen LogP contribution in [0.1, 0.15) is 68.1 Å². The number of hydrogen-bond acceptors (Lipinski definition) is 3. The number of carbonyl (C=O) groups excluding carboxylic acids is 2. The summed E-state index contributed by atoms with van der Waals surface area (Å²) in [7, 11) is 0. The van der Waals surface area contributed by atoms with Crippen LogP contribution in [0.15, 0.2) is 30.7 Å². The van der Waals surface area contributed by atoms with Crippen LogP contribution in [0.5, 0.6) is 0 Å². The first-order chi connectivity index (χ1) is 15.1. The van der Waals surface area contributed by atoms with Gasteiger partial charge < -0.3 is 14.6 Å². The van der Waals surface area contributed by atoms with E-state index in [0.29, 0.717) is 23.9 Å². The number of nitrogens with zero attached hydrogens (tertiary/aromatic N) is 3. The Kier molecular flexibility index (Phi) is 7.49. The molecular weight excluding hydrogens is 412 g/mol. The van der Waals surface area contributed by atoms with Gasteiger partial charge in [-0.15, -0.1) is 11.6 Å². The molecule has 6 nitrogen and oxygen atoms in total. The second-order valence-corrected chi connectivity index (χ2v) is 9.70. The van der Waals surface area contributed by atoms with Gasteiger partial charge in [-0.25, -0.2) is 4.98 Å². The highest BCUT2D eigenvalue weighted by atomic mass is 35.5. The van der Waals surface area contributed by atoms with E-state index in [1.165, 1.54) is 6.42 Å². The van der Waals surface area contributed by atoms with E-state index in [9.17, 15) is 9.59 Å².